The van der Waals surface area contributed by atoms with Gasteiger partial charge in [-0.1, -0.05) is 13.3 Å². The third kappa shape index (κ3) is 4.43. The van der Waals surface area contributed by atoms with E-state index in [9.17, 15) is 8.42 Å². The largest absolute Gasteiger partial charge is 0.378 e. The highest BCUT2D eigenvalue weighted by molar-refractivity contribution is 7.91. The van der Waals surface area contributed by atoms with E-state index in [1.54, 1.807) is 0 Å². The fourth-order valence-electron chi connectivity index (χ4n) is 3.75. The van der Waals surface area contributed by atoms with E-state index in [0.717, 1.165) is 51.7 Å². The van der Waals surface area contributed by atoms with Crippen molar-refractivity contribution in [3.8, 4) is 0 Å². The van der Waals surface area contributed by atoms with E-state index in [-0.39, 0.29) is 5.25 Å². The Morgan fingerprint density at radius 3 is 2.65 bits per heavy atom. The third-order valence-corrected chi connectivity index (χ3v) is 6.49. The van der Waals surface area contributed by atoms with Gasteiger partial charge < -0.3 is 10.1 Å². The van der Waals surface area contributed by atoms with E-state index < -0.39 is 9.84 Å². The summed E-state index contributed by atoms with van der Waals surface area (Å²) < 4.78 is 29.4. The maximum Gasteiger partial charge on any atom is 0.150 e. The summed E-state index contributed by atoms with van der Waals surface area (Å²) in [6, 6.07) is 0.410. The van der Waals surface area contributed by atoms with Gasteiger partial charge in [0, 0.05) is 18.9 Å². The van der Waals surface area contributed by atoms with E-state index in [4.69, 9.17) is 4.74 Å². The number of ether oxygens (including phenoxy) is 1. The number of rotatable bonds is 6. The molecule has 2 rings (SSSR count). The van der Waals surface area contributed by atoms with Crippen molar-refractivity contribution in [2.75, 3.05) is 19.4 Å². The topological polar surface area (TPSA) is 55.4 Å². The number of hydrogen-bond acceptors (Lipinski definition) is 4. The summed E-state index contributed by atoms with van der Waals surface area (Å²) in [6.45, 7) is 3.96. The number of sulfone groups is 1. The molecule has 2 fully saturated rings. The number of hydrogen-bond donors (Lipinski definition) is 1. The Labute approximate surface area is 123 Å². The summed E-state index contributed by atoms with van der Waals surface area (Å²) in [5, 5.41) is 3.44. The molecule has 1 saturated carbocycles. The molecule has 118 valence electrons. The monoisotopic (exact) mass is 303 g/mol. The third-order valence-electron chi connectivity index (χ3n) is 4.85. The SMILES string of the molecule is CCNC(CC1CCCO1)C1CCCC(S(C)(=O)=O)C1. The van der Waals surface area contributed by atoms with E-state index in [1.165, 1.54) is 12.7 Å². The van der Waals surface area contributed by atoms with Crippen molar-refractivity contribution in [2.24, 2.45) is 5.92 Å². The van der Waals surface area contributed by atoms with E-state index in [0.29, 0.717) is 18.1 Å². The predicted octanol–water partition coefficient (Wildman–Crippen LogP) is 2.14. The van der Waals surface area contributed by atoms with Gasteiger partial charge in [-0.2, -0.15) is 0 Å². The first-order valence-electron chi connectivity index (χ1n) is 8.04. The fraction of sp³-hybridized carbons (Fsp3) is 1.00. The molecule has 5 heteroatoms. The lowest BCUT2D eigenvalue weighted by atomic mass is 9.81. The van der Waals surface area contributed by atoms with Crippen LogP contribution in [0.4, 0.5) is 0 Å². The maximum atomic E-state index is 11.8. The van der Waals surface area contributed by atoms with Gasteiger partial charge in [0.1, 0.15) is 9.84 Å². The minimum atomic E-state index is -2.89. The minimum absolute atomic E-state index is 0.132. The molecule has 0 bridgehead atoms. The van der Waals surface area contributed by atoms with E-state index in [1.807, 2.05) is 0 Å². The molecule has 0 aromatic rings. The standard InChI is InChI=1S/C15H29NO3S/c1-3-16-15(11-13-7-5-9-19-13)12-6-4-8-14(10-12)20(2,17)18/h12-16H,3-11H2,1-2H3. The molecule has 20 heavy (non-hydrogen) atoms. The molecule has 1 aliphatic heterocycles. The van der Waals surface area contributed by atoms with Crippen LogP contribution < -0.4 is 5.32 Å². The molecule has 0 aromatic heterocycles. The maximum absolute atomic E-state index is 11.8. The summed E-state index contributed by atoms with van der Waals surface area (Å²) in [7, 11) is -2.89. The van der Waals surface area contributed by atoms with Crippen LogP contribution in [0.1, 0.15) is 51.9 Å². The van der Waals surface area contributed by atoms with Crippen LogP contribution in [0.15, 0.2) is 0 Å². The van der Waals surface area contributed by atoms with E-state index in [2.05, 4.69) is 12.2 Å². The Morgan fingerprint density at radius 1 is 1.25 bits per heavy atom. The van der Waals surface area contributed by atoms with Crippen LogP contribution in [0.5, 0.6) is 0 Å². The van der Waals surface area contributed by atoms with Crippen molar-refractivity contribution in [2.45, 2.75) is 69.3 Å². The number of nitrogens with one attached hydrogen (secondary N) is 1. The molecule has 1 aliphatic carbocycles. The Balaban J connectivity index is 1.96. The van der Waals surface area contributed by atoms with E-state index >= 15 is 0 Å². The molecule has 4 nitrogen and oxygen atoms in total. The Bertz CT molecular complexity index is 390. The first kappa shape index (κ1) is 16.2. The molecule has 0 spiro atoms. The molecule has 0 aromatic carbocycles. The zero-order chi connectivity index (χ0) is 14.6. The first-order chi connectivity index (χ1) is 9.50. The quantitative estimate of drug-likeness (QED) is 0.817. The Kier molecular flexibility index (Phi) is 5.87. The molecule has 1 saturated heterocycles. The van der Waals surface area contributed by atoms with Gasteiger partial charge in [0.15, 0.2) is 0 Å². The van der Waals surface area contributed by atoms with Gasteiger partial charge in [0.25, 0.3) is 0 Å². The summed E-state index contributed by atoms with van der Waals surface area (Å²) >= 11 is 0. The lowest BCUT2D eigenvalue weighted by Crippen LogP contribution is -2.42. The van der Waals surface area contributed by atoms with Crippen molar-refractivity contribution in [3.63, 3.8) is 0 Å². The second-order valence-corrected chi connectivity index (χ2v) is 8.74. The van der Waals surface area contributed by atoms with Crippen LogP contribution in [0.25, 0.3) is 0 Å². The Hall–Kier alpha value is -0.130. The summed E-state index contributed by atoms with van der Waals surface area (Å²) in [4.78, 5) is 0. The molecule has 1 heterocycles. The highest BCUT2D eigenvalue weighted by Crippen LogP contribution is 2.33. The van der Waals surface area contributed by atoms with Crippen molar-refractivity contribution in [1.82, 2.24) is 5.32 Å². The summed E-state index contributed by atoms with van der Waals surface area (Å²) in [6.07, 6.45) is 8.98. The molecular weight excluding hydrogens is 274 g/mol. The van der Waals surface area contributed by atoms with Crippen LogP contribution in [0, 0.1) is 5.92 Å². The molecule has 4 atom stereocenters. The van der Waals surface area contributed by atoms with Crippen molar-refractivity contribution < 1.29 is 13.2 Å². The average molecular weight is 303 g/mol. The molecular formula is C15H29NO3S. The lowest BCUT2D eigenvalue weighted by Gasteiger charge is -2.35. The summed E-state index contributed by atoms with van der Waals surface area (Å²) in [5.74, 6) is 0.479. The van der Waals surface area contributed by atoms with Crippen molar-refractivity contribution in [3.05, 3.63) is 0 Å². The van der Waals surface area contributed by atoms with Crippen LogP contribution in [0.3, 0.4) is 0 Å². The van der Waals surface area contributed by atoms with Gasteiger partial charge in [-0.25, -0.2) is 8.42 Å². The second-order valence-electron chi connectivity index (χ2n) is 6.41. The predicted molar refractivity (Wildman–Crippen MR) is 81.6 cm³/mol. The van der Waals surface area contributed by atoms with Crippen LogP contribution in [-0.4, -0.2) is 45.2 Å². The highest BCUT2D eigenvalue weighted by Gasteiger charge is 2.34. The second kappa shape index (κ2) is 7.23. The van der Waals surface area contributed by atoms with Crippen LogP contribution in [0.2, 0.25) is 0 Å². The minimum Gasteiger partial charge on any atom is -0.378 e. The lowest BCUT2D eigenvalue weighted by molar-refractivity contribution is 0.0832. The van der Waals surface area contributed by atoms with Crippen LogP contribution in [-0.2, 0) is 14.6 Å². The molecule has 1 N–H and O–H groups in total. The molecule has 0 amide bonds. The zero-order valence-corrected chi connectivity index (χ0v) is 13.6. The molecule has 4 unspecified atom stereocenters. The smallest absolute Gasteiger partial charge is 0.150 e. The van der Waals surface area contributed by atoms with Gasteiger partial charge in [0.2, 0.25) is 0 Å². The summed E-state index contributed by atoms with van der Waals surface area (Å²) in [5.41, 5.74) is 0. The average Bonchev–Trinajstić information content (AvgIpc) is 2.90. The normalized spacial score (nSPS) is 33.2. The van der Waals surface area contributed by atoms with Crippen molar-refractivity contribution >= 4 is 9.84 Å². The highest BCUT2D eigenvalue weighted by atomic mass is 32.2. The van der Waals surface area contributed by atoms with Gasteiger partial charge in [-0.3, -0.25) is 0 Å². The van der Waals surface area contributed by atoms with Gasteiger partial charge in [-0.05, 0) is 51.0 Å². The Morgan fingerprint density at radius 2 is 2.05 bits per heavy atom. The van der Waals surface area contributed by atoms with Gasteiger partial charge >= 0.3 is 0 Å². The van der Waals surface area contributed by atoms with Crippen molar-refractivity contribution in [1.29, 1.82) is 0 Å². The molecule has 2 aliphatic rings. The fourth-order valence-corrected chi connectivity index (χ4v) is 4.95. The first-order valence-corrected chi connectivity index (χ1v) is 10.00. The zero-order valence-electron chi connectivity index (χ0n) is 12.8. The van der Waals surface area contributed by atoms with Crippen LogP contribution >= 0.6 is 0 Å². The van der Waals surface area contributed by atoms with Gasteiger partial charge in [-0.15, -0.1) is 0 Å². The molecule has 0 radical (unpaired) electrons. The van der Waals surface area contributed by atoms with Gasteiger partial charge in [0.05, 0.1) is 11.4 Å².